The summed E-state index contributed by atoms with van der Waals surface area (Å²) in [6.45, 7) is 6.20. The number of esters is 1. The van der Waals surface area contributed by atoms with Gasteiger partial charge in [0.05, 0.1) is 30.1 Å². The molecule has 17 heavy (non-hydrogen) atoms. The fourth-order valence-corrected chi connectivity index (χ4v) is 1.69. The van der Waals surface area contributed by atoms with Crippen molar-refractivity contribution in [1.29, 1.82) is 0 Å². The molecule has 0 atom stereocenters. The Morgan fingerprint density at radius 1 is 1.53 bits per heavy atom. The fourth-order valence-electron chi connectivity index (χ4n) is 1.55. The van der Waals surface area contributed by atoms with Crippen LogP contribution in [0.15, 0.2) is 11.6 Å². The molecule has 1 aromatic heterocycles. The van der Waals surface area contributed by atoms with Crippen molar-refractivity contribution in [3.63, 3.8) is 0 Å². The van der Waals surface area contributed by atoms with E-state index in [1.807, 2.05) is 26.8 Å². The third-order valence-corrected chi connectivity index (χ3v) is 3.18. The molecule has 0 fully saturated rings. The molecule has 1 heterocycles. The van der Waals surface area contributed by atoms with Gasteiger partial charge >= 0.3 is 5.97 Å². The highest BCUT2D eigenvalue weighted by molar-refractivity contribution is 6.31. The van der Waals surface area contributed by atoms with Crippen LogP contribution in [0.1, 0.15) is 24.7 Å². The summed E-state index contributed by atoms with van der Waals surface area (Å²) in [6, 6.07) is 0. The van der Waals surface area contributed by atoms with Crippen molar-refractivity contribution >= 4 is 17.6 Å². The first-order valence-electron chi connectivity index (χ1n) is 5.48. The number of aromatic nitrogens is 2. The Hall–Kier alpha value is -1.29. The molecule has 1 rings (SSSR count). The molecule has 0 spiro atoms. The van der Waals surface area contributed by atoms with Crippen molar-refractivity contribution in [1.82, 2.24) is 9.78 Å². The van der Waals surface area contributed by atoms with E-state index in [4.69, 9.17) is 11.6 Å². The number of hydrogen-bond donors (Lipinski definition) is 0. The van der Waals surface area contributed by atoms with Crippen molar-refractivity contribution < 1.29 is 9.53 Å². The van der Waals surface area contributed by atoms with Gasteiger partial charge in [-0.3, -0.25) is 4.68 Å². The summed E-state index contributed by atoms with van der Waals surface area (Å²) in [6.07, 6.45) is 2.46. The highest BCUT2D eigenvalue weighted by Crippen LogP contribution is 2.19. The number of carbonyl (C=O) groups is 1. The van der Waals surface area contributed by atoms with Crippen molar-refractivity contribution in [3.8, 4) is 0 Å². The maximum atomic E-state index is 11.4. The predicted octanol–water partition coefficient (Wildman–Crippen LogP) is 2.66. The summed E-state index contributed by atoms with van der Waals surface area (Å²) < 4.78 is 6.46. The van der Waals surface area contributed by atoms with Crippen LogP contribution in [0.2, 0.25) is 5.02 Å². The summed E-state index contributed by atoms with van der Waals surface area (Å²) in [5.41, 5.74) is 2.35. The van der Waals surface area contributed by atoms with Gasteiger partial charge in [-0.1, -0.05) is 24.6 Å². The van der Waals surface area contributed by atoms with Crippen molar-refractivity contribution in [3.05, 3.63) is 28.1 Å². The number of carbonyl (C=O) groups excluding carboxylic acids is 1. The van der Waals surface area contributed by atoms with Gasteiger partial charge in [0, 0.05) is 5.57 Å². The highest BCUT2D eigenvalue weighted by Gasteiger charge is 2.10. The molecule has 0 saturated carbocycles. The van der Waals surface area contributed by atoms with Crippen molar-refractivity contribution in [2.75, 3.05) is 7.11 Å². The third-order valence-electron chi connectivity index (χ3n) is 2.63. The van der Waals surface area contributed by atoms with Gasteiger partial charge in [0.25, 0.3) is 0 Å². The molecule has 0 radical (unpaired) electrons. The van der Waals surface area contributed by atoms with Crippen LogP contribution < -0.4 is 0 Å². The first kappa shape index (κ1) is 13.8. The van der Waals surface area contributed by atoms with E-state index < -0.39 is 0 Å². The summed E-state index contributed by atoms with van der Waals surface area (Å²) in [5.74, 6) is -0.292. The summed E-state index contributed by atoms with van der Waals surface area (Å²) in [5, 5.41) is 4.96. The number of methoxy groups -OCH3 is 1. The van der Waals surface area contributed by atoms with Crippen LogP contribution in [0, 0.1) is 13.8 Å². The molecule has 0 aromatic carbocycles. The minimum Gasteiger partial charge on any atom is -0.466 e. The van der Waals surface area contributed by atoms with Gasteiger partial charge in [0.2, 0.25) is 0 Å². The van der Waals surface area contributed by atoms with E-state index in [9.17, 15) is 4.79 Å². The maximum absolute atomic E-state index is 11.4. The Morgan fingerprint density at radius 2 is 2.18 bits per heavy atom. The standard InChI is InChI=1S/C12H17ClN2O2/c1-5-10(12(16)17-4)6-7-15-9(3)11(13)8(2)14-15/h6H,5,7H2,1-4H3. The molecule has 0 aliphatic carbocycles. The lowest BCUT2D eigenvalue weighted by Crippen LogP contribution is -2.07. The van der Waals surface area contributed by atoms with Gasteiger partial charge in [-0.15, -0.1) is 0 Å². The van der Waals surface area contributed by atoms with E-state index >= 15 is 0 Å². The van der Waals surface area contributed by atoms with Gasteiger partial charge in [-0.05, 0) is 20.3 Å². The SMILES string of the molecule is CCC(=CCn1nc(C)c(Cl)c1C)C(=O)OC. The summed E-state index contributed by atoms with van der Waals surface area (Å²) in [7, 11) is 1.38. The summed E-state index contributed by atoms with van der Waals surface area (Å²) >= 11 is 6.04. The molecule has 94 valence electrons. The van der Waals surface area contributed by atoms with E-state index in [1.54, 1.807) is 4.68 Å². The molecule has 0 amide bonds. The number of nitrogens with zero attached hydrogens (tertiary/aromatic N) is 2. The van der Waals surface area contributed by atoms with Gasteiger partial charge in [0.15, 0.2) is 0 Å². The monoisotopic (exact) mass is 256 g/mol. The van der Waals surface area contributed by atoms with E-state index in [0.717, 1.165) is 11.4 Å². The first-order chi connectivity index (χ1) is 8.01. The van der Waals surface area contributed by atoms with Gasteiger partial charge in [0.1, 0.15) is 0 Å². The number of hydrogen-bond acceptors (Lipinski definition) is 3. The summed E-state index contributed by atoms with van der Waals surface area (Å²) in [4.78, 5) is 11.4. The number of aryl methyl sites for hydroxylation is 1. The van der Waals surface area contributed by atoms with E-state index in [0.29, 0.717) is 23.6 Å². The van der Waals surface area contributed by atoms with Crippen LogP contribution in [-0.4, -0.2) is 22.9 Å². The first-order valence-corrected chi connectivity index (χ1v) is 5.85. The lowest BCUT2D eigenvalue weighted by molar-refractivity contribution is -0.136. The molecule has 0 saturated heterocycles. The van der Waals surface area contributed by atoms with Crippen molar-refractivity contribution in [2.45, 2.75) is 33.7 Å². The molecule has 5 heteroatoms. The van der Waals surface area contributed by atoms with E-state index in [2.05, 4.69) is 9.84 Å². The highest BCUT2D eigenvalue weighted by atomic mass is 35.5. The molecule has 0 unspecified atom stereocenters. The predicted molar refractivity (Wildman–Crippen MR) is 67.1 cm³/mol. The fraction of sp³-hybridized carbons (Fsp3) is 0.500. The largest absolute Gasteiger partial charge is 0.466 e. The minimum atomic E-state index is -0.292. The Morgan fingerprint density at radius 3 is 2.59 bits per heavy atom. The lowest BCUT2D eigenvalue weighted by atomic mass is 10.2. The van der Waals surface area contributed by atoms with Gasteiger partial charge in [-0.2, -0.15) is 5.10 Å². The minimum absolute atomic E-state index is 0.292. The zero-order chi connectivity index (χ0) is 13.0. The molecule has 0 bridgehead atoms. The molecule has 0 aliphatic heterocycles. The second-order valence-corrected chi connectivity index (χ2v) is 4.12. The van der Waals surface area contributed by atoms with E-state index in [-0.39, 0.29) is 5.97 Å². The lowest BCUT2D eigenvalue weighted by Gasteiger charge is -2.04. The number of allylic oxidation sites excluding steroid dienone is 1. The van der Waals surface area contributed by atoms with Crippen LogP contribution in [-0.2, 0) is 16.1 Å². The second kappa shape index (κ2) is 5.87. The maximum Gasteiger partial charge on any atom is 0.333 e. The third kappa shape index (κ3) is 3.09. The van der Waals surface area contributed by atoms with E-state index in [1.165, 1.54) is 7.11 Å². The molecular weight excluding hydrogens is 240 g/mol. The molecule has 0 aliphatic rings. The smallest absolute Gasteiger partial charge is 0.333 e. The Labute approximate surface area is 106 Å². The van der Waals surface area contributed by atoms with Crippen LogP contribution >= 0.6 is 11.6 Å². The van der Waals surface area contributed by atoms with Crippen LogP contribution in [0.5, 0.6) is 0 Å². The average Bonchev–Trinajstić information content (AvgIpc) is 2.57. The zero-order valence-corrected chi connectivity index (χ0v) is 11.3. The Kier molecular flexibility index (Phi) is 4.75. The van der Waals surface area contributed by atoms with Crippen molar-refractivity contribution in [2.24, 2.45) is 0 Å². The Bertz CT molecular complexity index is 450. The van der Waals surface area contributed by atoms with Gasteiger partial charge in [-0.25, -0.2) is 4.79 Å². The van der Waals surface area contributed by atoms with Gasteiger partial charge < -0.3 is 4.74 Å². The topological polar surface area (TPSA) is 44.1 Å². The van der Waals surface area contributed by atoms with Crippen LogP contribution in [0.4, 0.5) is 0 Å². The average molecular weight is 257 g/mol. The quantitative estimate of drug-likeness (QED) is 0.615. The molecule has 4 nitrogen and oxygen atoms in total. The number of ether oxygens (including phenoxy) is 1. The molecule has 1 aromatic rings. The molecule has 0 N–H and O–H groups in total. The number of halogens is 1. The second-order valence-electron chi connectivity index (χ2n) is 3.74. The Balaban J connectivity index is 2.87. The normalized spacial score (nSPS) is 11.7. The molecular formula is C12H17ClN2O2. The number of rotatable bonds is 4. The zero-order valence-electron chi connectivity index (χ0n) is 10.6. The van der Waals surface area contributed by atoms with Crippen LogP contribution in [0.3, 0.4) is 0 Å². The van der Waals surface area contributed by atoms with Crippen LogP contribution in [0.25, 0.3) is 0 Å².